The van der Waals surface area contributed by atoms with Gasteiger partial charge in [-0.15, -0.1) is 0 Å². The fourth-order valence-electron chi connectivity index (χ4n) is 3.13. The molecular weight excluding hydrogens is 380 g/mol. The van der Waals surface area contributed by atoms with Crippen LogP contribution < -0.4 is 15.0 Å². The van der Waals surface area contributed by atoms with Crippen LogP contribution in [0.2, 0.25) is 5.15 Å². The monoisotopic (exact) mass is 404 g/mol. The quantitative estimate of drug-likeness (QED) is 0.559. The predicted molar refractivity (Wildman–Crippen MR) is 109 cm³/mol. The summed E-state index contributed by atoms with van der Waals surface area (Å²) in [5.41, 5.74) is 1.60. The first-order valence-corrected chi connectivity index (χ1v) is 9.73. The highest BCUT2D eigenvalue weighted by Gasteiger charge is 2.20. The number of halogens is 1. The molecule has 7 nitrogen and oxygen atoms in total. The van der Waals surface area contributed by atoms with Crippen LogP contribution in [0.3, 0.4) is 0 Å². The van der Waals surface area contributed by atoms with Gasteiger partial charge in [0.25, 0.3) is 0 Å². The molecule has 1 aliphatic heterocycles. The smallest absolute Gasteiger partial charge is 0.310 e. The van der Waals surface area contributed by atoms with Crippen LogP contribution in [0.1, 0.15) is 30.4 Å². The zero-order chi connectivity index (χ0) is 19.9. The van der Waals surface area contributed by atoms with Crippen molar-refractivity contribution in [1.29, 1.82) is 0 Å². The second-order valence-corrected chi connectivity index (χ2v) is 7.00. The summed E-state index contributed by atoms with van der Waals surface area (Å²) >= 11 is 6.43. The first kappa shape index (κ1) is 20.2. The van der Waals surface area contributed by atoms with E-state index in [9.17, 15) is 4.79 Å². The molecule has 0 radical (unpaired) electrons. The van der Waals surface area contributed by atoms with Gasteiger partial charge >= 0.3 is 5.97 Å². The van der Waals surface area contributed by atoms with Gasteiger partial charge in [0.15, 0.2) is 0 Å². The lowest BCUT2D eigenvalue weighted by molar-refractivity contribution is -0.139. The molecule has 28 heavy (non-hydrogen) atoms. The number of nitrogens with one attached hydrogen (secondary N) is 1. The van der Waals surface area contributed by atoms with E-state index in [2.05, 4.69) is 20.2 Å². The molecule has 2 aromatic rings. The molecule has 0 saturated carbocycles. The van der Waals surface area contributed by atoms with Crippen molar-refractivity contribution in [2.75, 3.05) is 37.5 Å². The number of anilines is 2. The van der Waals surface area contributed by atoms with Gasteiger partial charge in [-0.05, 0) is 37.0 Å². The Morgan fingerprint density at radius 1 is 1.14 bits per heavy atom. The SMILES string of the molecule is COC(=O)Cc1c(Cl)nc(N2CCCCC2)nc1NCc1ccc(OC)cc1. The molecule has 1 aliphatic rings. The van der Waals surface area contributed by atoms with Gasteiger partial charge in [-0.25, -0.2) is 4.98 Å². The minimum Gasteiger partial charge on any atom is -0.497 e. The van der Waals surface area contributed by atoms with Gasteiger partial charge in [0, 0.05) is 25.2 Å². The van der Waals surface area contributed by atoms with Crippen molar-refractivity contribution in [2.24, 2.45) is 0 Å². The molecule has 1 aromatic heterocycles. The Labute approximate surface area is 170 Å². The molecule has 0 atom stereocenters. The summed E-state index contributed by atoms with van der Waals surface area (Å²) in [6.07, 6.45) is 3.45. The minimum atomic E-state index is -0.385. The second kappa shape index (κ2) is 9.59. The number of carbonyl (C=O) groups excluding carboxylic acids is 1. The van der Waals surface area contributed by atoms with Crippen molar-refractivity contribution in [2.45, 2.75) is 32.2 Å². The molecule has 0 bridgehead atoms. The zero-order valence-corrected chi connectivity index (χ0v) is 17.0. The van der Waals surface area contributed by atoms with E-state index in [1.165, 1.54) is 13.5 Å². The van der Waals surface area contributed by atoms with Crippen molar-refractivity contribution in [3.05, 3.63) is 40.5 Å². The van der Waals surface area contributed by atoms with E-state index >= 15 is 0 Å². The second-order valence-electron chi connectivity index (χ2n) is 6.64. The van der Waals surface area contributed by atoms with Crippen molar-refractivity contribution < 1.29 is 14.3 Å². The summed E-state index contributed by atoms with van der Waals surface area (Å²) < 4.78 is 9.98. The van der Waals surface area contributed by atoms with E-state index in [-0.39, 0.29) is 17.5 Å². The van der Waals surface area contributed by atoms with Crippen molar-refractivity contribution in [3.8, 4) is 5.75 Å². The van der Waals surface area contributed by atoms with Crippen LogP contribution in [0.15, 0.2) is 24.3 Å². The lowest BCUT2D eigenvalue weighted by Crippen LogP contribution is -2.31. The highest BCUT2D eigenvalue weighted by Crippen LogP contribution is 2.27. The topological polar surface area (TPSA) is 76.6 Å². The van der Waals surface area contributed by atoms with Gasteiger partial charge in [-0.2, -0.15) is 4.98 Å². The third-order valence-corrected chi connectivity index (χ3v) is 5.06. The number of piperidine rings is 1. The number of rotatable bonds is 7. The first-order valence-electron chi connectivity index (χ1n) is 9.35. The average molecular weight is 405 g/mol. The maximum absolute atomic E-state index is 11.8. The molecule has 1 aromatic carbocycles. The Bertz CT molecular complexity index is 808. The van der Waals surface area contributed by atoms with Crippen LogP contribution in [-0.2, 0) is 22.5 Å². The van der Waals surface area contributed by atoms with Gasteiger partial charge < -0.3 is 19.7 Å². The number of hydrogen-bond acceptors (Lipinski definition) is 7. The average Bonchev–Trinajstić information content (AvgIpc) is 2.74. The molecule has 1 N–H and O–H groups in total. The zero-order valence-electron chi connectivity index (χ0n) is 16.2. The van der Waals surface area contributed by atoms with E-state index in [0.29, 0.717) is 23.9 Å². The van der Waals surface area contributed by atoms with E-state index < -0.39 is 0 Å². The van der Waals surface area contributed by atoms with Crippen LogP contribution in [0.5, 0.6) is 5.75 Å². The normalized spacial score (nSPS) is 13.9. The summed E-state index contributed by atoms with van der Waals surface area (Å²) in [5.74, 6) is 1.56. The minimum absolute atomic E-state index is 0.0144. The van der Waals surface area contributed by atoms with Crippen molar-refractivity contribution in [1.82, 2.24) is 9.97 Å². The highest BCUT2D eigenvalue weighted by molar-refractivity contribution is 6.30. The van der Waals surface area contributed by atoms with Crippen molar-refractivity contribution >= 4 is 29.3 Å². The molecule has 3 rings (SSSR count). The predicted octanol–water partition coefficient (Wildman–Crippen LogP) is 3.46. The van der Waals surface area contributed by atoms with Crippen LogP contribution in [0.4, 0.5) is 11.8 Å². The number of nitrogens with zero attached hydrogens (tertiary/aromatic N) is 3. The highest BCUT2D eigenvalue weighted by atomic mass is 35.5. The third-order valence-electron chi connectivity index (χ3n) is 4.75. The van der Waals surface area contributed by atoms with Crippen LogP contribution in [0, 0.1) is 0 Å². The van der Waals surface area contributed by atoms with Crippen LogP contribution in [0.25, 0.3) is 0 Å². The maximum Gasteiger partial charge on any atom is 0.310 e. The van der Waals surface area contributed by atoms with Crippen molar-refractivity contribution in [3.63, 3.8) is 0 Å². The van der Waals surface area contributed by atoms with Gasteiger partial charge in [0.1, 0.15) is 16.7 Å². The molecular formula is C20H25ClN4O3. The lowest BCUT2D eigenvalue weighted by atomic mass is 10.1. The number of methoxy groups -OCH3 is 2. The lowest BCUT2D eigenvalue weighted by Gasteiger charge is -2.27. The first-order chi connectivity index (χ1) is 13.6. The molecule has 0 unspecified atom stereocenters. The fourth-order valence-corrected chi connectivity index (χ4v) is 3.36. The number of carbonyl (C=O) groups is 1. The Morgan fingerprint density at radius 3 is 2.50 bits per heavy atom. The third kappa shape index (κ3) is 5.04. The summed E-state index contributed by atoms with van der Waals surface area (Å²) in [6.45, 7) is 2.35. The van der Waals surface area contributed by atoms with Gasteiger partial charge in [0.05, 0.1) is 20.6 Å². The Hall–Kier alpha value is -2.54. The van der Waals surface area contributed by atoms with Crippen LogP contribution >= 0.6 is 11.6 Å². The molecule has 0 amide bonds. The number of ether oxygens (including phenoxy) is 2. The van der Waals surface area contributed by atoms with E-state index in [1.807, 2.05) is 24.3 Å². The largest absolute Gasteiger partial charge is 0.497 e. The number of benzene rings is 1. The molecule has 2 heterocycles. The number of aromatic nitrogens is 2. The Morgan fingerprint density at radius 2 is 1.86 bits per heavy atom. The van der Waals surface area contributed by atoms with Gasteiger partial charge in [0.2, 0.25) is 5.95 Å². The summed E-state index contributed by atoms with van der Waals surface area (Å²) in [7, 11) is 2.99. The molecule has 0 spiro atoms. The molecule has 8 heteroatoms. The number of hydrogen-bond donors (Lipinski definition) is 1. The summed E-state index contributed by atoms with van der Waals surface area (Å²) in [6, 6.07) is 7.75. The molecule has 1 saturated heterocycles. The standard InChI is InChI=1S/C20H25ClN4O3/c1-27-15-8-6-14(7-9-15)13-22-19-16(12-17(26)28-2)18(21)23-20(24-19)25-10-4-3-5-11-25/h6-9H,3-5,10-13H2,1-2H3,(H,22,23,24). The summed E-state index contributed by atoms with van der Waals surface area (Å²) in [4.78, 5) is 23.1. The van der Waals surface area contributed by atoms with Gasteiger partial charge in [-0.3, -0.25) is 4.79 Å². The Balaban J connectivity index is 1.85. The van der Waals surface area contributed by atoms with E-state index in [0.717, 1.165) is 37.2 Å². The maximum atomic E-state index is 11.8. The van der Waals surface area contributed by atoms with Crippen LogP contribution in [-0.4, -0.2) is 43.2 Å². The molecule has 1 fully saturated rings. The molecule has 0 aliphatic carbocycles. The Kier molecular flexibility index (Phi) is 6.92. The van der Waals surface area contributed by atoms with E-state index in [1.54, 1.807) is 7.11 Å². The molecule has 150 valence electrons. The fraction of sp³-hybridized carbons (Fsp3) is 0.450. The van der Waals surface area contributed by atoms with E-state index in [4.69, 9.17) is 21.1 Å². The van der Waals surface area contributed by atoms with Gasteiger partial charge in [-0.1, -0.05) is 23.7 Å². The summed E-state index contributed by atoms with van der Waals surface area (Å²) in [5, 5.41) is 3.58. The number of esters is 1.